The summed E-state index contributed by atoms with van der Waals surface area (Å²) in [6, 6.07) is 15.6. The molecule has 0 spiro atoms. The van der Waals surface area contributed by atoms with E-state index in [1.807, 2.05) is 36.4 Å². The van der Waals surface area contributed by atoms with Crippen molar-refractivity contribution in [2.75, 3.05) is 4.90 Å². The minimum atomic E-state index is -0.355. The van der Waals surface area contributed by atoms with Gasteiger partial charge in [-0.15, -0.1) is 0 Å². The highest BCUT2D eigenvalue weighted by Gasteiger charge is 2.38. The predicted molar refractivity (Wildman–Crippen MR) is 92.7 cm³/mol. The topological polar surface area (TPSA) is 92.0 Å². The SMILES string of the molecule is Cc1nc2c(o1)N(c1cccnc1)C(N)=C(C#N)C2c1ccccc1. The predicted octanol–water partition coefficient (Wildman–Crippen LogP) is 3.36. The molecule has 0 amide bonds. The van der Waals surface area contributed by atoms with E-state index in [1.54, 1.807) is 30.3 Å². The Balaban J connectivity index is 1.98. The van der Waals surface area contributed by atoms with Crippen molar-refractivity contribution >= 4 is 11.6 Å². The summed E-state index contributed by atoms with van der Waals surface area (Å²) in [5, 5.41) is 9.80. The molecule has 1 unspecified atom stereocenters. The molecule has 6 heteroatoms. The van der Waals surface area contributed by atoms with Gasteiger partial charge in [0.1, 0.15) is 11.5 Å². The second kappa shape index (κ2) is 5.80. The molecule has 4 rings (SSSR count). The number of nitrogens with zero attached hydrogens (tertiary/aromatic N) is 4. The molecule has 0 fully saturated rings. The van der Waals surface area contributed by atoms with E-state index in [9.17, 15) is 5.26 Å². The summed E-state index contributed by atoms with van der Waals surface area (Å²) in [5.74, 6) is 1.02. The first-order chi connectivity index (χ1) is 12.2. The molecule has 3 heterocycles. The molecule has 6 nitrogen and oxygen atoms in total. The van der Waals surface area contributed by atoms with Crippen LogP contribution in [0.2, 0.25) is 0 Å². The lowest BCUT2D eigenvalue weighted by Gasteiger charge is -2.31. The number of allylic oxidation sites excluding steroid dienone is 1. The van der Waals surface area contributed by atoms with E-state index in [1.165, 1.54) is 0 Å². The van der Waals surface area contributed by atoms with Gasteiger partial charge in [-0.3, -0.25) is 9.88 Å². The zero-order valence-corrected chi connectivity index (χ0v) is 13.5. The number of fused-ring (bicyclic) bond motifs is 1. The van der Waals surface area contributed by atoms with Gasteiger partial charge in [-0.05, 0) is 17.7 Å². The van der Waals surface area contributed by atoms with Crippen LogP contribution in [0, 0.1) is 18.3 Å². The van der Waals surface area contributed by atoms with Crippen LogP contribution in [0.4, 0.5) is 11.6 Å². The second-order valence-electron chi connectivity index (χ2n) is 5.72. The van der Waals surface area contributed by atoms with E-state index in [4.69, 9.17) is 10.2 Å². The van der Waals surface area contributed by atoms with E-state index >= 15 is 0 Å². The summed E-state index contributed by atoms with van der Waals surface area (Å²) < 4.78 is 5.85. The van der Waals surface area contributed by atoms with E-state index in [-0.39, 0.29) is 5.92 Å². The number of aryl methyl sites for hydroxylation is 1. The van der Waals surface area contributed by atoms with Crippen molar-refractivity contribution in [3.63, 3.8) is 0 Å². The quantitative estimate of drug-likeness (QED) is 0.775. The summed E-state index contributed by atoms with van der Waals surface area (Å²) in [7, 11) is 0. The zero-order chi connectivity index (χ0) is 17.4. The maximum atomic E-state index is 9.80. The van der Waals surface area contributed by atoms with Gasteiger partial charge in [-0.25, -0.2) is 4.98 Å². The third kappa shape index (κ3) is 2.34. The molecule has 1 aliphatic heterocycles. The fourth-order valence-electron chi connectivity index (χ4n) is 3.13. The number of anilines is 2. The Bertz CT molecular complexity index is 986. The van der Waals surface area contributed by atoms with Gasteiger partial charge >= 0.3 is 0 Å². The van der Waals surface area contributed by atoms with Crippen LogP contribution in [-0.2, 0) is 0 Å². The maximum Gasteiger partial charge on any atom is 0.230 e. The fourth-order valence-corrected chi connectivity index (χ4v) is 3.13. The summed E-state index contributed by atoms with van der Waals surface area (Å²) in [4.78, 5) is 10.4. The van der Waals surface area contributed by atoms with Gasteiger partial charge in [-0.2, -0.15) is 5.26 Å². The fraction of sp³-hybridized carbons (Fsp3) is 0.105. The van der Waals surface area contributed by atoms with Crippen LogP contribution in [0.25, 0.3) is 0 Å². The Morgan fingerprint density at radius 1 is 1.20 bits per heavy atom. The number of benzene rings is 1. The van der Waals surface area contributed by atoms with E-state index in [2.05, 4.69) is 16.0 Å². The minimum absolute atomic E-state index is 0.327. The van der Waals surface area contributed by atoms with Gasteiger partial charge in [0.2, 0.25) is 5.88 Å². The third-order valence-corrected chi connectivity index (χ3v) is 4.18. The third-order valence-electron chi connectivity index (χ3n) is 4.18. The number of hydrogen-bond donors (Lipinski definition) is 1. The molecular weight excluding hydrogens is 314 g/mol. The number of oxazole rings is 1. The van der Waals surface area contributed by atoms with Crippen LogP contribution in [0.1, 0.15) is 23.1 Å². The monoisotopic (exact) mass is 329 g/mol. The Labute approximate surface area is 144 Å². The largest absolute Gasteiger partial charge is 0.424 e. The molecular formula is C19H15N5O. The first-order valence-electron chi connectivity index (χ1n) is 7.83. The number of hydrogen-bond acceptors (Lipinski definition) is 6. The molecule has 1 aliphatic rings. The number of rotatable bonds is 2. The van der Waals surface area contributed by atoms with Crippen LogP contribution in [0.3, 0.4) is 0 Å². The normalized spacial score (nSPS) is 16.5. The van der Waals surface area contributed by atoms with Crippen molar-refractivity contribution in [3.8, 4) is 6.07 Å². The molecule has 1 atom stereocenters. The molecule has 0 aliphatic carbocycles. The lowest BCUT2D eigenvalue weighted by molar-refractivity contribution is 0.522. The number of nitrogens with two attached hydrogens (primary N) is 1. The summed E-state index contributed by atoms with van der Waals surface area (Å²) in [5.41, 5.74) is 9.17. The molecule has 0 radical (unpaired) electrons. The Morgan fingerprint density at radius 3 is 2.68 bits per heavy atom. The van der Waals surface area contributed by atoms with Gasteiger partial charge in [0, 0.05) is 13.1 Å². The van der Waals surface area contributed by atoms with Gasteiger partial charge in [0.15, 0.2) is 5.89 Å². The minimum Gasteiger partial charge on any atom is -0.424 e. The van der Waals surface area contributed by atoms with Crippen LogP contribution in [0.5, 0.6) is 0 Å². The highest BCUT2D eigenvalue weighted by molar-refractivity contribution is 5.72. The van der Waals surface area contributed by atoms with Crippen LogP contribution in [0.15, 0.2) is 70.7 Å². The average molecular weight is 329 g/mol. The molecule has 2 aromatic heterocycles. The summed E-state index contributed by atoms with van der Waals surface area (Å²) >= 11 is 0. The van der Waals surface area contributed by atoms with Crippen LogP contribution >= 0.6 is 0 Å². The van der Waals surface area contributed by atoms with Gasteiger partial charge in [0.05, 0.1) is 29.4 Å². The zero-order valence-electron chi connectivity index (χ0n) is 13.5. The second-order valence-corrected chi connectivity index (χ2v) is 5.72. The van der Waals surface area contributed by atoms with Gasteiger partial charge < -0.3 is 10.2 Å². The highest BCUT2D eigenvalue weighted by Crippen LogP contribution is 2.45. The molecule has 122 valence electrons. The number of aromatic nitrogens is 2. The van der Waals surface area contributed by atoms with E-state index in [0.717, 1.165) is 11.3 Å². The van der Waals surface area contributed by atoms with Crippen molar-refractivity contribution in [2.24, 2.45) is 5.73 Å². The van der Waals surface area contributed by atoms with Crippen molar-refractivity contribution in [1.82, 2.24) is 9.97 Å². The van der Waals surface area contributed by atoms with Crippen molar-refractivity contribution < 1.29 is 4.42 Å². The van der Waals surface area contributed by atoms with E-state index in [0.29, 0.717) is 28.9 Å². The smallest absolute Gasteiger partial charge is 0.230 e. The van der Waals surface area contributed by atoms with Crippen molar-refractivity contribution in [2.45, 2.75) is 12.8 Å². The van der Waals surface area contributed by atoms with Crippen LogP contribution in [-0.4, -0.2) is 9.97 Å². The highest BCUT2D eigenvalue weighted by atomic mass is 16.4. The summed E-state index contributed by atoms with van der Waals surface area (Å²) in [6.45, 7) is 1.78. The lowest BCUT2D eigenvalue weighted by atomic mass is 9.86. The van der Waals surface area contributed by atoms with Crippen LogP contribution < -0.4 is 10.6 Å². The maximum absolute atomic E-state index is 9.80. The van der Waals surface area contributed by atoms with E-state index < -0.39 is 0 Å². The Kier molecular flexibility index (Phi) is 3.47. The number of nitriles is 1. The molecule has 1 aromatic carbocycles. The first-order valence-corrected chi connectivity index (χ1v) is 7.83. The molecule has 0 bridgehead atoms. The molecule has 2 N–H and O–H groups in total. The lowest BCUT2D eigenvalue weighted by Crippen LogP contribution is -2.31. The Morgan fingerprint density at radius 2 is 2.00 bits per heavy atom. The Hall–Kier alpha value is -3.59. The number of pyridine rings is 1. The van der Waals surface area contributed by atoms with Gasteiger partial charge in [-0.1, -0.05) is 30.3 Å². The molecule has 0 saturated carbocycles. The average Bonchev–Trinajstić information content (AvgIpc) is 3.02. The molecule has 25 heavy (non-hydrogen) atoms. The van der Waals surface area contributed by atoms with Gasteiger partial charge in [0.25, 0.3) is 0 Å². The molecule has 0 saturated heterocycles. The first kappa shape index (κ1) is 15.0. The van der Waals surface area contributed by atoms with Crippen molar-refractivity contribution in [3.05, 3.63) is 83.4 Å². The standard InChI is InChI=1S/C19H15N5O/c1-12-23-17-16(13-6-3-2-4-7-13)15(10-20)18(21)24(19(17)25-12)14-8-5-9-22-11-14/h2-9,11,16H,21H2,1H3. The summed E-state index contributed by atoms with van der Waals surface area (Å²) in [6.07, 6.45) is 3.35. The van der Waals surface area contributed by atoms with Crippen molar-refractivity contribution in [1.29, 1.82) is 5.26 Å². The molecule has 3 aromatic rings.